The number of rotatable bonds is 1. The molecule has 2 amide bonds. The molecule has 5 rings (SSSR count). The van der Waals surface area contributed by atoms with Crippen molar-refractivity contribution in [1.82, 2.24) is 4.98 Å². The first-order valence-corrected chi connectivity index (χ1v) is 8.82. The molecule has 2 aliphatic heterocycles. The smallest absolute Gasteiger partial charge is 0.264 e. The number of benzene rings is 2. The molecule has 0 spiro atoms. The van der Waals surface area contributed by atoms with Gasteiger partial charge in [-0.05, 0) is 29.3 Å². The number of carbonyl (C=O) groups is 2. The monoisotopic (exact) mass is 359 g/mol. The lowest BCUT2D eigenvalue weighted by atomic mass is 9.83. The summed E-state index contributed by atoms with van der Waals surface area (Å²) in [6.45, 7) is 0.00859. The molecule has 134 valence electrons. The molecule has 1 aromatic heterocycles. The fourth-order valence-corrected chi connectivity index (χ4v) is 3.93. The zero-order valence-corrected chi connectivity index (χ0v) is 14.7. The molecule has 1 unspecified atom stereocenters. The number of likely N-dealkylation sites (N-methyl/N-ethyl adjacent to an activating group) is 1. The number of pyridine rings is 1. The van der Waals surface area contributed by atoms with Gasteiger partial charge in [0.2, 0.25) is 5.91 Å². The predicted molar refractivity (Wildman–Crippen MR) is 102 cm³/mol. The molecule has 6 nitrogen and oxygen atoms in total. The maximum atomic E-state index is 12.4. The van der Waals surface area contributed by atoms with Crippen LogP contribution in [0.5, 0.6) is 5.75 Å². The van der Waals surface area contributed by atoms with Crippen LogP contribution in [-0.2, 0) is 9.59 Å². The summed E-state index contributed by atoms with van der Waals surface area (Å²) in [5, 5.41) is 3.98. The van der Waals surface area contributed by atoms with Crippen LogP contribution in [0.3, 0.4) is 0 Å². The van der Waals surface area contributed by atoms with Crippen molar-refractivity contribution < 1.29 is 14.3 Å². The number of hydrogen-bond donors (Lipinski definition) is 1. The SMILES string of the molecule is CN1C(=O)COc2cc3c(cc21)C(c1ccnc2ccccc12)CC(=O)N3. The van der Waals surface area contributed by atoms with Gasteiger partial charge in [0, 0.05) is 42.7 Å². The quantitative estimate of drug-likeness (QED) is 0.725. The van der Waals surface area contributed by atoms with Crippen LogP contribution in [0.25, 0.3) is 10.9 Å². The van der Waals surface area contributed by atoms with Crippen molar-refractivity contribution in [1.29, 1.82) is 0 Å². The predicted octanol–water partition coefficient (Wildman–Crippen LogP) is 3.06. The van der Waals surface area contributed by atoms with E-state index in [4.69, 9.17) is 4.74 Å². The lowest BCUT2D eigenvalue weighted by Gasteiger charge is -2.32. The molecule has 27 heavy (non-hydrogen) atoms. The zero-order chi connectivity index (χ0) is 18.5. The number of aromatic nitrogens is 1. The lowest BCUT2D eigenvalue weighted by molar-refractivity contribution is -0.121. The van der Waals surface area contributed by atoms with Crippen molar-refractivity contribution in [3.8, 4) is 5.75 Å². The number of para-hydroxylation sites is 1. The Hall–Kier alpha value is -3.41. The summed E-state index contributed by atoms with van der Waals surface area (Å²) < 4.78 is 5.57. The van der Waals surface area contributed by atoms with E-state index >= 15 is 0 Å². The highest BCUT2D eigenvalue weighted by Crippen LogP contribution is 2.45. The van der Waals surface area contributed by atoms with Crippen molar-refractivity contribution in [3.05, 3.63) is 59.8 Å². The largest absolute Gasteiger partial charge is 0.481 e. The lowest BCUT2D eigenvalue weighted by Crippen LogP contribution is -2.36. The summed E-state index contributed by atoms with van der Waals surface area (Å²) in [6, 6.07) is 13.7. The third-order valence-corrected chi connectivity index (χ3v) is 5.31. The number of nitrogens with zero attached hydrogens (tertiary/aromatic N) is 2. The number of carbonyl (C=O) groups excluding carboxylic acids is 2. The second-order valence-electron chi connectivity index (χ2n) is 6.87. The van der Waals surface area contributed by atoms with Gasteiger partial charge in [-0.15, -0.1) is 0 Å². The molecule has 1 N–H and O–H groups in total. The van der Waals surface area contributed by atoms with Crippen molar-refractivity contribution in [2.24, 2.45) is 0 Å². The molecule has 3 aromatic rings. The Morgan fingerprint density at radius 2 is 2.00 bits per heavy atom. The molecule has 0 radical (unpaired) electrons. The molecular weight excluding hydrogens is 342 g/mol. The van der Waals surface area contributed by atoms with Gasteiger partial charge in [0.25, 0.3) is 5.91 Å². The first-order valence-electron chi connectivity index (χ1n) is 8.82. The molecule has 0 fully saturated rings. The standard InChI is InChI=1S/C21H17N3O3/c1-24-18-8-15-14(12-6-7-22-16-5-3-2-4-13(12)16)9-20(25)23-17(15)10-19(18)27-11-21(24)26/h2-8,10,14H,9,11H2,1H3,(H,23,25). The summed E-state index contributed by atoms with van der Waals surface area (Å²) in [4.78, 5) is 30.5. The molecule has 0 bridgehead atoms. The Morgan fingerprint density at radius 1 is 1.15 bits per heavy atom. The minimum Gasteiger partial charge on any atom is -0.481 e. The maximum absolute atomic E-state index is 12.4. The van der Waals surface area contributed by atoms with Crippen LogP contribution in [0, 0.1) is 0 Å². The molecule has 0 saturated heterocycles. The van der Waals surface area contributed by atoms with Gasteiger partial charge in [0.05, 0.1) is 11.2 Å². The van der Waals surface area contributed by atoms with Gasteiger partial charge < -0.3 is 15.0 Å². The van der Waals surface area contributed by atoms with Gasteiger partial charge in [-0.2, -0.15) is 0 Å². The van der Waals surface area contributed by atoms with Crippen LogP contribution in [0.1, 0.15) is 23.5 Å². The molecule has 6 heteroatoms. The van der Waals surface area contributed by atoms with E-state index in [0.717, 1.165) is 33.4 Å². The van der Waals surface area contributed by atoms with E-state index in [1.165, 1.54) is 0 Å². The number of anilines is 2. The van der Waals surface area contributed by atoms with E-state index in [-0.39, 0.29) is 24.3 Å². The van der Waals surface area contributed by atoms with Crippen LogP contribution in [-0.4, -0.2) is 30.5 Å². The molecule has 2 aromatic carbocycles. The number of fused-ring (bicyclic) bond motifs is 3. The topological polar surface area (TPSA) is 71.5 Å². The van der Waals surface area contributed by atoms with Gasteiger partial charge in [0.15, 0.2) is 6.61 Å². The van der Waals surface area contributed by atoms with Crippen molar-refractivity contribution in [2.75, 3.05) is 23.9 Å². The summed E-state index contributed by atoms with van der Waals surface area (Å²) in [5.74, 6) is 0.371. The van der Waals surface area contributed by atoms with E-state index in [9.17, 15) is 9.59 Å². The molecule has 0 saturated carbocycles. The fraction of sp³-hybridized carbons (Fsp3) is 0.190. The minimum atomic E-state index is -0.114. The minimum absolute atomic E-state index is 0.00859. The van der Waals surface area contributed by atoms with Crippen molar-refractivity contribution in [2.45, 2.75) is 12.3 Å². The van der Waals surface area contributed by atoms with Crippen molar-refractivity contribution in [3.63, 3.8) is 0 Å². The van der Waals surface area contributed by atoms with Gasteiger partial charge >= 0.3 is 0 Å². The molecule has 2 aliphatic rings. The highest BCUT2D eigenvalue weighted by Gasteiger charge is 2.32. The van der Waals surface area contributed by atoms with E-state index in [1.807, 2.05) is 42.5 Å². The molecular formula is C21H17N3O3. The van der Waals surface area contributed by atoms with Crippen LogP contribution >= 0.6 is 0 Å². The highest BCUT2D eigenvalue weighted by molar-refractivity contribution is 6.01. The third kappa shape index (κ3) is 2.44. The molecule has 3 heterocycles. The Labute approximate surface area is 155 Å². The Kier molecular flexibility index (Phi) is 3.40. The Morgan fingerprint density at radius 3 is 2.89 bits per heavy atom. The number of hydrogen-bond acceptors (Lipinski definition) is 4. The second kappa shape index (κ2) is 5.81. The van der Waals surface area contributed by atoms with E-state index < -0.39 is 0 Å². The van der Waals surface area contributed by atoms with Gasteiger partial charge in [-0.25, -0.2) is 0 Å². The number of ether oxygens (including phenoxy) is 1. The van der Waals surface area contributed by atoms with E-state index in [0.29, 0.717) is 12.2 Å². The zero-order valence-electron chi connectivity index (χ0n) is 14.7. The van der Waals surface area contributed by atoms with Gasteiger partial charge in [0.1, 0.15) is 5.75 Å². The third-order valence-electron chi connectivity index (χ3n) is 5.31. The maximum Gasteiger partial charge on any atom is 0.264 e. The fourth-order valence-electron chi connectivity index (χ4n) is 3.93. The molecule has 1 atom stereocenters. The first-order chi connectivity index (χ1) is 13.1. The highest BCUT2D eigenvalue weighted by atomic mass is 16.5. The summed E-state index contributed by atoms with van der Waals surface area (Å²) >= 11 is 0. The first kappa shape index (κ1) is 15.8. The van der Waals surface area contributed by atoms with E-state index in [2.05, 4.69) is 10.3 Å². The van der Waals surface area contributed by atoms with Crippen LogP contribution < -0.4 is 15.0 Å². The summed E-state index contributed by atoms with van der Waals surface area (Å²) in [6.07, 6.45) is 2.12. The second-order valence-corrected chi connectivity index (χ2v) is 6.87. The van der Waals surface area contributed by atoms with E-state index in [1.54, 1.807) is 18.1 Å². The average Bonchev–Trinajstić information content (AvgIpc) is 2.69. The summed E-state index contributed by atoms with van der Waals surface area (Å²) in [5.41, 5.74) is 4.40. The van der Waals surface area contributed by atoms with Crippen LogP contribution in [0.15, 0.2) is 48.7 Å². The van der Waals surface area contributed by atoms with Crippen LogP contribution in [0.2, 0.25) is 0 Å². The van der Waals surface area contributed by atoms with Crippen LogP contribution in [0.4, 0.5) is 11.4 Å². The van der Waals surface area contributed by atoms with Gasteiger partial charge in [-0.3, -0.25) is 14.6 Å². The van der Waals surface area contributed by atoms with Gasteiger partial charge in [-0.1, -0.05) is 18.2 Å². The Bertz CT molecular complexity index is 1100. The normalized spacial score (nSPS) is 18.6. The molecule has 0 aliphatic carbocycles. The summed E-state index contributed by atoms with van der Waals surface area (Å²) in [7, 11) is 1.74. The van der Waals surface area contributed by atoms with Crippen molar-refractivity contribution >= 4 is 34.1 Å². The Balaban J connectivity index is 1.72. The number of nitrogens with one attached hydrogen (secondary N) is 1. The average molecular weight is 359 g/mol. The number of amides is 2.